The molecule has 1 saturated carbocycles. The fourth-order valence-corrected chi connectivity index (χ4v) is 3.74. The Balaban J connectivity index is 1.96. The monoisotopic (exact) mass is 372 g/mol. The summed E-state index contributed by atoms with van der Waals surface area (Å²) in [6.07, 6.45) is 11.3. The van der Waals surface area contributed by atoms with Gasteiger partial charge in [0.1, 0.15) is 24.0 Å². The van der Waals surface area contributed by atoms with Gasteiger partial charge < -0.3 is 10.1 Å². The molecule has 0 saturated heterocycles. The summed E-state index contributed by atoms with van der Waals surface area (Å²) in [4.78, 5) is 12.8. The number of ether oxygens (including phenoxy) is 1. The van der Waals surface area contributed by atoms with E-state index >= 15 is 0 Å². The van der Waals surface area contributed by atoms with Crippen LogP contribution in [0.4, 0.5) is 0 Å². The van der Waals surface area contributed by atoms with Crippen molar-refractivity contribution in [2.75, 3.05) is 6.61 Å². The number of hydrogen-bond donors (Lipinski definition) is 1. The number of nitrogens with one attached hydrogen (secondary N) is 1. The third-order valence-electron chi connectivity index (χ3n) is 5.32. The van der Waals surface area contributed by atoms with Crippen LogP contribution < -0.4 is 10.1 Å². The van der Waals surface area contributed by atoms with Crippen molar-refractivity contribution in [3.05, 3.63) is 47.5 Å². The maximum Gasteiger partial charge on any atom is 0.262 e. The Morgan fingerprint density at radius 2 is 2.07 bits per heavy atom. The largest absolute Gasteiger partial charge is 0.480 e. The van der Waals surface area contributed by atoms with Crippen LogP contribution in [0, 0.1) is 29.6 Å². The van der Waals surface area contributed by atoms with Crippen LogP contribution in [0.5, 0.6) is 5.75 Å². The Bertz CT molecular complexity index is 978. The number of terminal acetylenes is 1. The van der Waals surface area contributed by atoms with Crippen molar-refractivity contribution in [3.63, 3.8) is 0 Å². The van der Waals surface area contributed by atoms with Crippen molar-refractivity contribution in [1.82, 2.24) is 5.32 Å². The van der Waals surface area contributed by atoms with Crippen molar-refractivity contribution in [2.45, 2.75) is 38.6 Å². The van der Waals surface area contributed by atoms with E-state index in [4.69, 9.17) is 11.2 Å². The topological polar surface area (TPSA) is 62.1 Å². The summed E-state index contributed by atoms with van der Waals surface area (Å²) in [6, 6.07) is 13.7. The van der Waals surface area contributed by atoms with Crippen LogP contribution in [0.1, 0.15) is 38.2 Å². The Hall–Kier alpha value is -3.24. The molecule has 0 bridgehead atoms. The number of amides is 1. The lowest BCUT2D eigenvalue weighted by Crippen LogP contribution is -2.41. The summed E-state index contributed by atoms with van der Waals surface area (Å²) in [7, 11) is 0. The first kappa shape index (κ1) is 19.5. The molecule has 142 valence electrons. The van der Waals surface area contributed by atoms with Gasteiger partial charge in [0.15, 0.2) is 0 Å². The highest BCUT2D eigenvalue weighted by molar-refractivity contribution is 6.05. The predicted octanol–water partition coefficient (Wildman–Crippen LogP) is 4.45. The molecule has 3 rings (SSSR count). The number of nitrogens with zero attached hydrogens (tertiary/aromatic N) is 1. The summed E-state index contributed by atoms with van der Waals surface area (Å²) in [5.41, 5.74) is 0.761. The summed E-state index contributed by atoms with van der Waals surface area (Å²) < 4.78 is 5.66. The smallest absolute Gasteiger partial charge is 0.262 e. The summed E-state index contributed by atoms with van der Waals surface area (Å²) in [5.74, 6) is 3.10. The zero-order chi connectivity index (χ0) is 19.9. The maximum absolute atomic E-state index is 12.8. The molecule has 4 nitrogen and oxygen atoms in total. The molecule has 0 spiro atoms. The van der Waals surface area contributed by atoms with Gasteiger partial charge in [-0.05, 0) is 41.7 Å². The zero-order valence-corrected chi connectivity index (χ0v) is 16.1. The van der Waals surface area contributed by atoms with E-state index in [0.29, 0.717) is 17.2 Å². The van der Waals surface area contributed by atoms with Gasteiger partial charge in [0, 0.05) is 11.6 Å². The van der Waals surface area contributed by atoms with Crippen LogP contribution in [0.25, 0.3) is 16.8 Å². The minimum atomic E-state index is -0.336. The lowest BCUT2D eigenvalue weighted by Gasteiger charge is -2.29. The van der Waals surface area contributed by atoms with E-state index in [-0.39, 0.29) is 24.1 Å². The van der Waals surface area contributed by atoms with Gasteiger partial charge in [0.25, 0.3) is 5.91 Å². The van der Waals surface area contributed by atoms with Crippen LogP contribution >= 0.6 is 0 Å². The van der Waals surface area contributed by atoms with E-state index in [9.17, 15) is 10.1 Å². The molecule has 0 aromatic heterocycles. The molecule has 1 aliphatic carbocycles. The predicted molar refractivity (Wildman–Crippen MR) is 111 cm³/mol. The third-order valence-corrected chi connectivity index (χ3v) is 5.32. The highest BCUT2D eigenvalue weighted by Gasteiger charge is 2.24. The molecule has 4 heteroatoms. The number of nitriles is 1. The van der Waals surface area contributed by atoms with E-state index in [1.807, 2.05) is 36.4 Å². The van der Waals surface area contributed by atoms with Crippen molar-refractivity contribution >= 4 is 22.8 Å². The zero-order valence-electron chi connectivity index (χ0n) is 16.1. The fraction of sp³-hybridized carbons (Fsp3) is 0.333. The molecule has 2 aromatic carbocycles. The Morgan fingerprint density at radius 1 is 1.29 bits per heavy atom. The Morgan fingerprint density at radius 3 is 2.82 bits per heavy atom. The van der Waals surface area contributed by atoms with Gasteiger partial charge in [-0.2, -0.15) is 5.26 Å². The number of benzene rings is 2. The highest BCUT2D eigenvalue weighted by Crippen LogP contribution is 2.30. The molecule has 1 amide bonds. The van der Waals surface area contributed by atoms with Gasteiger partial charge in [-0.25, -0.2) is 0 Å². The molecular formula is C24H24N2O2. The second-order valence-corrected chi connectivity index (χ2v) is 7.20. The van der Waals surface area contributed by atoms with Crippen LogP contribution in [0.3, 0.4) is 0 Å². The fourth-order valence-electron chi connectivity index (χ4n) is 3.74. The van der Waals surface area contributed by atoms with Crippen molar-refractivity contribution in [1.29, 1.82) is 5.26 Å². The SMILES string of the molecule is C#CCOc1ccc2ccccc2c1/C=C(\C#N)C(=O)N[C@H]1CCCC[C@@H]1C. The van der Waals surface area contributed by atoms with Crippen molar-refractivity contribution < 1.29 is 9.53 Å². The van der Waals surface area contributed by atoms with Crippen LogP contribution in [0.2, 0.25) is 0 Å². The summed E-state index contributed by atoms with van der Waals surface area (Å²) in [6.45, 7) is 2.27. The standard InChI is InChI=1S/C24H24N2O2/c1-3-14-28-23-13-12-18-9-5-6-10-20(18)21(23)15-19(16-25)24(27)26-22-11-7-4-8-17(22)2/h1,5-6,9-10,12-13,15,17,22H,4,7-8,11,14H2,2H3,(H,26,27)/b19-15+/t17-,22-/m0/s1. The average molecular weight is 372 g/mol. The van der Waals surface area contributed by atoms with Crippen molar-refractivity contribution in [2.24, 2.45) is 5.92 Å². The Kier molecular flexibility index (Phi) is 6.35. The molecule has 0 unspecified atom stereocenters. The second kappa shape index (κ2) is 9.11. The van der Waals surface area contributed by atoms with E-state index in [0.717, 1.165) is 30.0 Å². The van der Waals surface area contributed by atoms with E-state index < -0.39 is 0 Å². The van der Waals surface area contributed by atoms with Crippen LogP contribution in [-0.4, -0.2) is 18.6 Å². The quantitative estimate of drug-likeness (QED) is 0.479. The number of fused-ring (bicyclic) bond motifs is 1. The molecular weight excluding hydrogens is 348 g/mol. The van der Waals surface area contributed by atoms with Gasteiger partial charge in [0.2, 0.25) is 0 Å². The Labute approximate surface area is 166 Å². The average Bonchev–Trinajstić information content (AvgIpc) is 2.72. The summed E-state index contributed by atoms with van der Waals surface area (Å²) >= 11 is 0. The number of carbonyl (C=O) groups excluding carboxylic acids is 1. The molecule has 2 atom stereocenters. The van der Waals surface area contributed by atoms with E-state index in [1.54, 1.807) is 6.08 Å². The first-order chi connectivity index (χ1) is 13.6. The minimum Gasteiger partial charge on any atom is -0.480 e. The number of rotatable bonds is 5. The number of hydrogen-bond acceptors (Lipinski definition) is 3. The molecule has 1 fully saturated rings. The molecule has 0 heterocycles. The summed E-state index contributed by atoms with van der Waals surface area (Å²) in [5, 5.41) is 14.6. The van der Waals surface area contributed by atoms with Crippen LogP contribution in [-0.2, 0) is 4.79 Å². The second-order valence-electron chi connectivity index (χ2n) is 7.20. The minimum absolute atomic E-state index is 0.0692. The molecule has 1 aliphatic rings. The van der Waals surface area contributed by atoms with E-state index in [2.05, 4.69) is 24.2 Å². The van der Waals surface area contributed by atoms with Gasteiger partial charge in [-0.1, -0.05) is 56.0 Å². The molecule has 0 radical (unpaired) electrons. The lowest BCUT2D eigenvalue weighted by atomic mass is 9.86. The molecule has 0 aliphatic heterocycles. The van der Waals surface area contributed by atoms with Crippen molar-refractivity contribution in [3.8, 4) is 24.2 Å². The highest BCUT2D eigenvalue weighted by atomic mass is 16.5. The first-order valence-corrected chi connectivity index (χ1v) is 9.64. The van der Waals surface area contributed by atoms with Gasteiger partial charge >= 0.3 is 0 Å². The normalized spacial score (nSPS) is 19.5. The molecule has 28 heavy (non-hydrogen) atoms. The third kappa shape index (κ3) is 4.35. The maximum atomic E-state index is 12.8. The van der Waals surface area contributed by atoms with E-state index in [1.165, 1.54) is 6.42 Å². The lowest BCUT2D eigenvalue weighted by molar-refractivity contribution is -0.118. The van der Waals surface area contributed by atoms with Gasteiger partial charge in [-0.3, -0.25) is 4.79 Å². The van der Waals surface area contributed by atoms with Gasteiger partial charge in [0.05, 0.1) is 0 Å². The van der Waals surface area contributed by atoms with Crippen LogP contribution in [0.15, 0.2) is 42.0 Å². The molecule has 2 aromatic rings. The number of carbonyl (C=O) groups is 1. The molecule has 1 N–H and O–H groups in total. The van der Waals surface area contributed by atoms with Gasteiger partial charge in [-0.15, -0.1) is 6.42 Å². The first-order valence-electron chi connectivity index (χ1n) is 9.64.